The van der Waals surface area contributed by atoms with E-state index < -0.39 is 6.04 Å². The number of piperazine rings is 1. The van der Waals surface area contributed by atoms with Crippen molar-refractivity contribution in [2.24, 2.45) is 11.7 Å². The second kappa shape index (κ2) is 6.78. The number of carbonyl (C=O) groups is 2. The van der Waals surface area contributed by atoms with Crippen LogP contribution >= 0.6 is 0 Å². The number of benzene rings is 1. The van der Waals surface area contributed by atoms with Crippen molar-refractivity contribution >= 4 is 11.8 Å². The Kier molecular flexibility index (Phi) is 4.33. The van der Waals surface area contributed by atoms with Gasteiger partial charge in [-0.05, 0) is 42.9 Å². The summed E-state index contributed by atoms with van der Waals surface area (Å²) in [6.07, 6.45) is 2.43. The molecule has 29 heavy (non-hydrogen) atoms. The largest absolute Gasteiger partial charge is 0.333 e. The molecular formula is C21H24FN5O2. The molecule has 6 atom stereocenters. The van der Waals surface area contributed by atoms with Crippen LogP contribution in [0.1, 0.15) is 24.8 Å². The van der Waals surface area contributed by atoms with Gasteiger partial charge in [-0.2, -0.15) is 5.26 Å². The normalized spacial score (nSPS) is 33.7. The first-order valence-corrected chi connectivity index (χ1v) is 10.2. The highest BCUT2D eigenvalue weighted by Gasteiger charge is 2.55. The van der Waals surface area contributed by atoms with Crippen LogP contribution in [0.25, 0.3) is 0 Å². The van der Waals surface area contributed by atoms with Crippen molar-refractivity contribution in [3.63, 3.8) is 0 Å². The van der Waals surface area contributed by atoms with Crippen molar-refractivity contribution in [1.29, 1.82) is 5.26 Å². The Morgan fingerprint density at radius 3 is 2.90 bits per heavy atom. The molecule has 0 radical (unpaired) electrons. The Morgan fingerprint density at radius 2 is 2.17 bits per heavy atom. The van der Waals surface area contributed by atoms with E-state index in [1.165, 1.54) is 12.1 Å². The Labute approximate surface area is 168 Å². The summed E-state index contributed by atoms with van der Waals surface area (Å²) >= 11 is 0. The lowest BCUT2D eigenvalue weighted by atomic mass is 10.1. The number of piperidine rings is 1. The topological polar surface area (TPSA) is 93.7 Å². The average molecular weight is 397 g/mol. The van der Waals surface area contributed by atoms with E-state index in [9.17, 15) is 19.2 Å². The van der Waals surface area contributed by atoms with Crippen LogP contribution in [0.4, 0.5) is 4.39 Å². The number of nitrogens with two attached hydrogens (primary N) is 1. The minimum absolute atomic E-state index is 0.0171. The minimum atomic E-state index is -0.728. The molecule has 1 unspecified atom stereocenters. The molecule has 3 aliphatic heterocycles. The molecule has 1 aromatic rings. The number of hydrogen-bond acceptors (Lipinski definition) is 5. The number of rotatable bonds is 5. The molecule has 2 bridgehead atoms. The molecular weight excluding hydrogens is 373 g/mol. The summed E-state index contributed by atoms with van der Waals surface area (Å²) in [5.41, 5.74) is 7.00. The average Bonchev–Trinajstić information content (AvgIpc) is 3.04. The fourth-order valence-corrected chi connectivity index (χ4v) is 5.39. The SMILES string of the molecule is N#C[C@@H]1C[C@@H]2C[C@@H]2N1C(=O)[C@@H](N)CN1CC2C[C@@H]1C(=O)N2Cc1cccc(F)c1. The van der Waals surface area contributed by atoms with Crippen molar-refractivity contribution < 1.29 is 14.0 Å². The number of carbonyl (C=O) groups excluding carboxylic acids is 2. The van der Waals surface area contributed by atoms with Crippen LogP contribution in [-0.4, -0.2) is 69.8 Å². The van der Waals surface area contributed by atoms with Crippen molar-refractivity contribution in [3.05, 3.63) is 35.6 Å². The molecule has 8 heteroatoms. The van der Waals surface area contributed by atoms with E-state index >= 15 is 0 Å². The molecule has 7 nitrogen and oxygen atoms in total. The first-order chi connectivity index (χ1) is 14.0. The van der Waals surface area contributed by atoms with Crippen LogP contribution in [0.5, 0.6) is 0 Å². The van der Waals surface area contributed by atoms with E-state index in [1.54, 1.807) is 11.0 Å². The van der Waals surface area contributed by atoms with E-state index in [2.05, 4.69) is 6.07 Å². The molecule has 1 saturated carbocycles. The lowest BCUT2D eigenvalue weighted by Crippen LogP contribution is -2.56. The number of amides is 2. The van der Waals surface area contributed by atoms with Gasteiger partial charge in [-0.15, -0.1) is 0 Å². The Morgan fingerprint density at radius 1 is 1.34 bits per heavy atom. The number of halogens is 1. The summed E-state index contributed by atoms with van der Waals surface area (Å²) in [6.45, 7) is 1.39. The molecule has 2 amide bonds. The molecule has 4 fully saturated rings. The molecule has 1 aliphatic carbocycles. The van der Waals surface area contributed by atoms with Gasteiger partial charge < -0.3 is 15.5 Å². The smallest absolute Gasteiger partial charge is 0.242 e. The van der Waals surface area contributed by atoms with Crippen LogP contribution in [0.3, 0.4) is 0 Å². The highest BCUT2D eigenvalue weighted by molar-refractivity contribution is 5.86. The van der Waals surface area contributed by atoms with Gasteiger partial charge in [-0.1, -0.05) is 12.1 Å². The summed E-state index contributed by atoms with van der Waals surface area (Å²) in [4.78, 5) is 31.2. The summed E-state index contributed by atoms with van der Waals surface area (Å²) < 4.78 is 13.4. The molecule has 0 spiro atoms. The maximum absolute atomic E-state index is 13.4. The molecule has 3 saturated heterocycles. The first kappa shape index (κ1) is 18.5. The number of fused-ring (bicyclic) bond motifs is 3. The quantitative estimate of drug-likeness (QED) is 0.779. The van der Waals surface area contributed by atoms with Crippen LogP contribution < -0.4 is 5.73 Å². The second-order valence-corrected chi connectivity index (χ2v) is 8.75. The Hall–Kier alpha value is -2.50. The van der Waals surface area contributed by atoms with Gasteiger partial charge in [0.2, 0.25) is 11.8 Å². The summed E-state index contributed by atoms with van der Waals surface area (Å²) in [6, 6.07) is 7.41. The standard InChI is InChI=1S/C21H24FN5O2/c22-14-3-1-2-12(4-14)9-26-16-7-19(21(26)29)25(10-16)11-17(24)20(28)27-15(8-23)5-13-6-18(13)27/h1-4,13,15-19H,5-7,9-11,24H2/t13-,15+,16?,17+,18+,19-/m1/s1. The number of hydrogen-bond donors (Lipinski definition) is 1. The monoisotopic (exact) mass is 397 g/mol. The second-order valence-electron chi connectivity index (χ2n) is 8.75. The highest BCUT2D eigenvalue weighted by atomic mass is 19.1. The lowest BCUT2D eigenvalue weighted by molar-refractivity contribution is -0.139. The molecule has 0 aromatic heterocycles. The summed E-state index contributed by atoms with van der Waals surface area (Å²) in [7, 11) is 0. The lowest BCUT2D eigenvalue weighted by Gasteiger charge is -2.35. The van der Waals surface area contributed by atoms with Crippen LogP contribution in [-0.2, 0) is 16.1 Å². The molecule has 1 aromatic carbocycles. The fraction of sp³-hybridized carbons (Fsp3) is 0.571. The third kappa shape index (κ3) is 3.09. The fourth-order valence-electron chi connectivity index (χ4n) is 5.39. The first-order valence-electron chi connectivity index (χ1n) is 10.2. The van der Waals surface area contributed by atoms with Crippen molar-refractivity contribution in [2.45, 2.75) is 56.0 Å². The Bertz CT molecular complexity index is 901. The van der Waals surface area contributed by atoms with Crippen LogP contribution in [0, 0.1) is 23.1 Å². The summed E-state index contributed by atoms with van der Waals surface area (Å²) in [5.74, 6) is -0.00524. The number of nitrogens with zero attached hydrogens (tertiary/aromatic N) is 4. The molecule has 5 rings (SSSR count). The van der Waals surface area contributed by atoms with E-state index in [-0.39, 0.29) is 41.8 Å². The zero-order chi connectivity index (χ0) is 20.3. The highest BCUT2D eigenvalue weighted by Crippen LogP contribution is 2.47. The van der Waals surface area contributed by atoms with Crippen molar-refractivity contribution in [3.8, 4) is 6.07 Å². The maximum atomic E-state index is 13.4. The zero-order valence-electron chi connectivity index (χ0n) is 16.1. The predicted octanol–water partition coefficient (Wildman–Crippen LogP) is 0.451. The summed E-state index contributed by atoms with van der Waals surface area (Å²) in [5, 5.41) is 9.31. The van der Waals surface area contributed by atoms with Gasteiger partial charge in [0.15, 0.2) is 0 Å². The molecule has 152 valence electrons. The predicted molar refractivity (Wildman–Crippen MR) is 101 cm³/mol. The van der Waals surface area contributed by atoms with E-state index in [1.807, 2.05) is 15.9 Å². The van der Waals surface area contributed by atoms with Gasteiger partial charge >= 0.3 is 0 Å². The number of likely N-dealkylation sites (tertiary alicyclic amines) is 3. The zero-order valence-corrected chi connectivity index (χ0v) is 16.1. The van der Waals surface area contributed by atoms with Crippen LogP contribution in [0.2, 0.25) is 0 Å². The third-order valence-electron chi connectivity index (χ3n) is 6.89. The van der Waals surface area contributed by atoms with Crippen LogP contribution in [0.15, 0.2) is 24.3 Å². The van der Waals surface area contributed by atoms with Crippen molar-refractivity contribution in [2.75, 3.05) is 13.1 Å². The third-order valence-corrected chi connectivity index (χ3v) is 6.89. The molecule has 4 aliphatic rings. The van der Waals surface area contributed by atoms with Gasteiger partial charge in [-0.25, -0.2) is 4.39 Å². The van der Waals surface area contributed by atoms with E-state index in [0.29, 0.717) is 32.0 Å². The minimum Gasteiger partial charge on any atom is -0.333 e. The van der Waals surface area contributed by atoms with Gasteiger partial charge in [0, 0.05) is 31.7 Å². The Balaban J connectivity index is 1.21. The van der Waals surface area contributed by atoms with Gasteiger partial charge in [0.1, 0.15) is 11.9 Å². The van der Waals surface area contributed by atoms with E-state index in [0.717, 1.165) is 18.4 Å². The van der Waals surface area contributed by atoms with E-state index in [4.69, 9.17) is 5.73 Å². The molecule has 3 heterocycles. The number of nitriles is 1. The van der Waals surface area contributed by atoms with Gasteiger partial charge in [0.05, 0.1) is 18.2 Å². The van der Waals surface area contributed by atoms with Gasteiger partial charge in [0.25, 0.3) is 0 Å². The van der Waals surface area contributed by atoms with Gasteiger partial charge in [-0.3, -0.25) is 14.5 Å². The van der Waals surface area contributed by atoms with Crippen molar-refractivity contribution in [1.82, 2.24) is 14.7 Å². The molecule has 2 N–H and O–H groups in total. The maximum Gasteiger partial charge on any atom is 0.242 e.